The number of unbranched alkanes of at least 4 members (excludes halogenated alkanes) is 2. The van der Waals surface area contributed by atoms with Gasteiger partial charge in [-0.25, -0.2) is 0 Å². The maximum atomic E-state index is 11.7. The van der Waals surface area contributed by atoms with Gasteiger partial charge < -0.3 is 0 Å². The van der Waals surface area contributed by atoms with Crippen LogP contribution in [0.5, 0.6) is 0 Å². The van der Waals surface area contributed by atoms with E-state index in [0.717, 1.165) is 24.8 Å². The lowest BCUT2D eigenvalue weighted by Crippen LogP contribution is -2.04. The normalized spacial score (nSPS) is 20.7. The fraction of sp³-hybridized carbons (Fsp3) is 0.615. The van der Waals surface area contributed by atoms with Crippen LogP contribution in [-0.4, -0.2) is 5.78 Å². The summed E-state index contributed by atoms with van der Waals surface area (Å²) in [6, 6.07) is 0. The SMILES string of the molecule is CCCCCC(=O)C1=CCC(C)C=C1. The molecule has 1 aliphatic carbocycles. The van der Waals surface area contributed by atoms with Crippen LogP contribution in [0.2, 0.25) is 0 Å². The average molecular weight is 192 g/mol. The van der Waals surface area contributed by atoms with E-state index in [4.69, 9.17) is 0 Å². The fourth-order valence-corrected chi connectivity index (χ4v) is 1.61. The summed E-state index contributed by atoms with van der Waals surface area (Å²) in [6.07, 6.45) is 11.3. The quantitative estimate of drug-likeness (QED) is 0.607. The van der Waals surface area contributed by atoms with Crippen molar-refractivity contribution in [3.63, 3.8) is 0 Å². The lowest BCUT2D eigenvalue weighted by molar-refractivity contribution is -0.115. The highest BCUT2D eigenvalue weighted by Crippen LogP contribution is 2.17. The highest BCUT2D eigenvalue weighted by atomic mass is 16.1. The standard InChI is InChI=1S/C13H20O/c1-3-4-5-6-13(14)12-9-7-11(2)8-10-12/h7,9-11H,3-6,8H2,1-2H3. The van der Waals surface area contributed by atoms with Crippen LogP contribution in [0.3, 0.4) is 0 Å². The molecular weight excluding hydrogens is 172 g/mol. The Labute approximate surface area is 86.9 Å². The smallest absolute Gasteiger partial charge is 0.162 e. The van der Waals surface area contributed by atoms with Crippen LogP contribution in [0.1, 0.15) is 46.0 Å². The maximum absolute atomic E-state index is 11.7. The minimum atomic E-state index is 0.321. The summed E-state index contributed by atoms with van der Waals surface area (Å²) in [7, 11) is 0. The van der Waals surface area contributed by atoms with Crippen molar-refractivity contribution in [1.82, 2.24) is 0 Å². The first kappa shape index (κ1) is 11.2. The predicted molar refractivity (Wildman–Crippen MR) is 60.2 cm³/mol. The molecule has 78 valence electrons. The van der Waals surface area contributed by atoms with Gasteiger partial charge in [0.1, 0.15) is 0 Å². The third-order valence-corrected chi connectivity index (χ3v) is 2.64. The Morgan fingerprint density at radius 2 is 2.29 bits per heavy atom. The van der Waals surface area contributed by atoms with Crippen LogP contribution in [0.4, 0.5) is 0 Å². The molecule has 1 rings (SSSR count). The molecular formula is C13H20O. The Balaban J connectivity index is 2.35. The number of ketones is 1. The number of hydrogen-bond donors (Lipinski definition) is 0. The van der Waals surface area contributed by atoms with E-state index in [1.807, 2.05) is 6.08 Å². The number of Topliss-reactive ketones (excluding diaryl/α,β-unsaturated/α-hetero) is 1. The topological polar surface area (TPSA) is 17.1 Å². The zero-order valence-electron chi connectivity index (χ0n) is 9.25. The molecule has 14 heavy (non-hydrogen) atoms. The molecule has 0 aromatic carbocycles. The largest absolute Gasteiger partial charge is 0.294 e. The number of carbonyl (C=O) groups excluding carboxylic acids is 1. The van der Waals surface area contributed by atoms with Crippen LogP contribution in [-0.2, 0) is 4.79 Å². The summed E-state index contributed by atoms with van der Waals surface area (Å²) >= 11 is 0. The molecule has 0 amide bonds. The molecule has 0 N–H and O–H groups in total. The van der Waals surface area contributed by atoms with Crippen LogP contribution in [0.25, 0.3) is 0 Å². The van der Waals surface area contributed by atoms with Crippen molar-refractivity contribution in [2.24, 2.45) is 5.92 Å². The monoisotopic (exact) mass is 192 g/mol. The lowest BCUT2D eigenvalue weighted by Gasteiger charge is -2.10. The van der Waals surface area contributed by atoms with Gasteiger partial charge in [-0.1, -0.05) is 44.9 Å². The van der Waals surface area contributed by atoms with Crippen molar-refractivity contribution in [2.45, 2.75) is 46.0 Å². The van der Waals surface area contributed by atoms with E-state index in [9.17, 15) is 4.79 Å². The van der Waals surface area contributed by atoms with Gasteiger partial charge in [0.05, 0.1) is 0 Å². The molecule has 0 heterocycles. The summed E-state index contributed by atoms with van der Waals surface area (Å²) in [5.74, 6) is 0.920. The number of hydrogen-bond acceptors (Lipinski definition) is 1. The van der Waals surface area contributed by atoms with E-state index in [1.54, 1.807) is 0 Å². The van der Waals surface area contributed by atoms with Gasteiger partial charge in [-0.3, -0.25) is 4.79 Å². The first-order chi connectivity index (χ1) is 6.74. The maximum Gasteiger partial charge on any atom is 0.162 e. The lowest BCUT2D eigenvalue weighted by atomic mass is 9.94. The molecule has 1 atom stereocenters. The molecule has 1 unspecified atom stereocenters. The molecule has 0 aromatic heterocycles. The Morgan fingerprint density at radius 3 is 2.86 bits per heavy atom. The van der Waals surface area contributed by atoms with Gasteiger partial charge in [-0.15, -0.1) is 0 Å². The Morgan fingerprint density at radius 1 is 1.50 bits per heavy atom. The average Bonchev–Trinajstić information content (AvgIpc) is 2.19. The minimum absolute atomic E-state index is 0.321. The highest BCUT2D eigenvalue weighted by molar-refractivity contribution is 5.98. The Kier molecular flexibility index (Phi) is 4.64. The predicted octanol–water partition coefficient (Wildman–Crippen LogP) is 3.66. The van der Waals surface area contributed by atoms with Crippen LogP contribution in [0, 0.1) is 5.92 Å². The van der Waals surface area contributed by atoms with Crippen molar-refractivity contribution in [3.05, 3.63) is 23.8 Å². The molecule has 1 aliphatic rings. The van der Waals surface area contributed by atoms with Gasteiger partial charge >= 0.3 is 0 Å². The third kappa shape index (κ3) is 3.49. The van der Waals surface area contributed by atoms with E-state index >= 15 is 0 Å². The van der Waals surface area contributed by atoms with E-state index in [2.05, 4.69) is 26.0 Å². The number of carbonyl (C=O) groups is 1. The molecule has 0 spiro atoms. The van der Waals surface area contributed by atoms with Crippen molar-refractivity contribution in [3.8, 4) is 0 Å². The summed E-state index contributed by atoms with van der Waals surface area (Å²) in [5, 5.41) is 0. The fourth-order valence-electron chi connectivity index (χ4n) is 1.61. The Bertz CT molecular complexity index is 248. The van der Waals surface area contributed by atoms with Crippen LogP contribution < -0.4 is 0 Å². The second-order valence-corrected chi connectivity index (χ2v) is 4.11. The Hall–Kier alpha value is -0.850. The van der Waals surface area contributed by atoms with Crippen LogP contribution >= 0.6 is 0 Å². The molecule has 0 saturated heterocycles. The first-order valence-electron chi connectivity index (χ1n) is 5.65. The summed E-state index contributed by atoms with van der Waals surface area (Å²) in [4.78, 5) is 11.7. The molecule has 0 bridgehead atoms. The zero-order chi connectivity index (χ0) is 10.4. The second kappa shape index (κ2) is 5.79. The molecule has 1 heteroatoms. The van der Waals surface area contributed by atoms with Crippen molar-refractivity contribution < 1.29 is 4.79 Å². The van der Waals surface area contributed by atoms with Gasteiger partial charge in [-0.2, -0.15) is 0 Å². The highest BCUT2D eigenvalue weighted by Gasteiger charge is 2.10. The van der Waals surface area contributed by atoms with E-state index in [1.165, 1.54) is 12.8 Å². The van der Waals surface area contributed by atoms with E-state index in [-0.39, 0.29) is 0 Å². The molecule has 0 fully saturated rings. The summed E-state index contributed by atoms with van der Waals surface area (Å²) < 4.78 is 0. The molecule has 0 radical (unpaired) electrons. The molecule has 1 nitrogen and oxygen atoms in total. The van der Waals surface area contributed by atoms with Gasteiger partial charge in [0.2, 0.25) is 0 Å². The van der Waals surface area contributed by atoms with Crippen molar-refractivity contribution in [1.29, 1.82) is 0 Å². The molecule has 0 aromatic rings. The summed E-state index contributed by atoms with van der Waals surface area (Å²) in [6.45, 7) is 4.33. The van der Waals surface area contributed by atoms with E-state index < -0.39 is 0 Å². The number of allylic oxidation sites excluding steroid dienone is 4. The summed E-state index contributed by atoms with van der Waals surface area (Å²) in [5.41, 5.74) is 0.930. The van der Waals surface area contributed by atoms with Gasteiger partial charge in [0.15, 0.2) is 5.78 Å². The molecule has 0 saturated carbocycles. The van der Waals surface area contributed by atoms with Crippen molar-refractivity contribution >= 4 is 5.78 Å². The third-order valence-electron chi connectivity index (χ3n) is 2.64. The van der Waals surface area contributed by atoms with Crippen LogP contribution in [0.15, 0.2) is 23.8 Å². The van der Waals surface area contributed by atoms with Crippen molar-refractivity contribution in [2.75, 3.05) is 0 Å². The van der Waals surface area contributed by atoms with Gasteiger partial charge in [-0.05, 0) is 18.8 Å². The van der Waals surface area contributed by atoms with E-state index in [0.29, 0.717) is 11.7 Å². The minimum Gasteiger partial charge on any atom is -0.294 e. The zero-order valence-corrected chi connectivity index (χ0v) is 9.25. The van der Waals surface area contributed by atoms with Gasteiger partial charge in [0.25, 0.3) is 0 Å². The molecule has 0 aliphatic heterocycles. The first-order valence-corrected chi connectivity index (χ1v) is 5.65. The van der Waals surface area contributed by atoms with Gasteiger partial charge in [0, 0.05) is 12.0 Å². The number of rotatable bonds is 5. The second-order valence-electron chi connectivity index (χ2n) is 4.11.